The van der Waals surface area contributed by atoms with E-state index < -0.39 is 11.5 Å². The summed E-state index contributed by atoms with van der Waals surface area (Å²) in [6, 6.07) is 16.0. The van der Waals surface area contributed by atoms with Crippen molar-refractivity contribution >= 4 is 11.6 Å². The van der Waals surface area contributed by atoms with E-state index in [0.717, 1.165) is 21.4 Å². The number of amides is 1. The molecule has 28 heavy (non-hydrogen) atoms. The Morgan fingerprint density at radius 3 is 2.61 bits per heavy atom. The minimum atomic E-state index is -0.522. The van der Waals surface area contributed by atoms with E-state index in [9.17, 15) is 9.59 Å². The summed E-state index contributed by atoms with van der Waals surface area (Å²) in [5, 5.41) is 2.76. The van der Waals surface area contributed by atoms with Crippen molar-refractivity contribution in [3.8, 4) is 5.75 Å². The molecule has 2 aromatic carbocycles. The Morgan fingerprint density at radius 2 is 1.86 bits per heavy atom. The molecule has 3 aromatic rings. The minimum absolute atomic E-state index is 0.00590. The second-order valence-corrected chi connectivity index (χ2v) is 6.43. The smallest absolute Gasteiger partial charge is 0.295 e. The van der Waals surface area contributed by atoms with Crippen molar-refractivity contribution in [1.82, 2.24) is 4.73 Å². The summed E-state index contributed by atoms with van der Waals surface area (Å²) in [5.74, 6) is 0.225. The van der Waals surface area contributed by atoms with Crippen LogP contribution in [0.3, 0.4) is 0 Å². The lowest BCUT2D eigenvalue weighted by Gasteiger charge is -2.11. The standard InChI is InChI=1S/C22H22N2O4/c1-15-9-10-18(12-16(15)2)23-21(25)20-8-5-11-24(22(20)26)28-14-17-6-4-7-19(13-17)27-3/h4-13H,14H2,1-3H3,(H,23,25). The molecule has 1 N–H and O–H groups in total. The number of ether oxygens (including phenoxy) is 1. The summed E-state index contributed by atoms with van der Waals surface area (Å²) in [5.41, 5.74) is 3.16. The molecule has 6 heteroatoms. The third kappa shape index (κ3) is 4.40. The molecule has 0 aliphatic heterocycles. The Balaban J connectivity index is 1.75. The summed E-state index contributed by atoms with van der Waals surface area (Å²) >= 11 is 0. The largest absolute Gasteiger partial charge is 0.497 e. The maximum absolute atomic E-state index is 12.6. The van der Waals surface area contributed by atoms with Crippen LogP contribution in [0.5, 0.6) is 5.75 Å². The molecule has 144 valence electrons. The molecule has 0 aliphatic rings. The Morgan fingerprint density at radius 1 is 1.04 bits per heavy atom. The molecule has 1 aromatic heterocycles. The number of rotatable bonds is 6. The van der Waals surface area contributed by atoms with Gasteiger partial charge in [0.25, 0.3) is 11.5 Å². The first-order valence-electron chi connectivity index (χ1n) is 8.84. The third-order valence-electron chi connectivity index (χ3n) is 4.43. The number of aryl methyl sites for hydroxylation is 2. The van der Waals surface area contributed by atoms with Gasteiger partial charge in [-0.2, -0.15) is 4.73 Å². The molecule has 3 rings (SSSR count). The van der Waals surface area contributed by atoms with Crippen molar-refractivity contribution in [1.29, 1.82) is 0 Å². The van der Waals surface area contributed by atoms with Gasteiger partial charge in [0.2, 0.25) is 0 Å². The predicted molar refractivity (Wildman–Crippen MR) is 108 cm³/mol. The topological polar surface area (TPSA) is 69.6 Å². The van der Waals surface area contributed by atoms with Crippen molar-refractivity contribution in [2.45, 2.75) is 20.5 Å². The molecular weight excluding hydrogens is 356 g/mol. The molecule has 0 radical (unpaired) electrons. The van der Waals surface area contributed by atoms with Crippen LogP contribution in [0.4, 0.5) is 5.69 Å². The van der Waals surface area contributed by atoms with Crippen molar-refractivity contribution in [3.63, 3.8) is 0 Å². The number of carbonyl (C=O) groups is 1. The normalized spacial score (nSPS) is 10.4. The Bertz CT molecular complexity index is 1060. The van der Waals surface area contributed by atoms with E-state index >= 15 is 0 Å². The van der Waals surface area contributed by atoms with E-state index in [2.05, 4.69) is 5.32 Å². The third-order valence-corrected chi connectivity index (χ3v) is 4.43. The van der Waals surface area contributed by atoms with Crippen LogP contribution in [0.25, 0.3) is 0 Å². The van der Waals surface area contributed by atoms with Crippen molar-refractivity contribution in [2.75, 3.05) is 12.4 Å². The fourth-order valence-corrected chi connectivity index (χ4v) is 2.67. The maximum Gasteiger partial charge on any atom is 0.295 e. The summed E-state index contributed by atoms with van der Waals surface area (Å²) < 4.78 is 6.24. The molecule has 0 saturated heterocycles. The molecule has 0 unspecified atom stereocenters. The zero-order valence-corrected chi connectivity index (χ0v) is 16.1. The van der Waals surface area contributed by atoms with E-state index in [1.165, 1.54) is 12.3 Å². The number of nitrogens with zero attached hydrogens (tertiary/aromatic N) is 1. The van der Waals surface area contributed by atoms with Gasteiger partial charge in [-0.25, -0.2) is 0 Å². The zero-order chi connectivity index (χ0) is 20.1. The maximum atomic E-state index is 12.6. The van der Waals surface area contributed by atoms with E-state index in [0.29, 0.717) is 11.4 Å². The van der Waals surface area contributed by atoms with Gasteiger partial charge in [-0.15, -0.1) is 0 Å². The number of hydrogen-bond donors (Lipinski definition) is 1. The summed E-state index contributed by atoms with van der Waals surface area (Å²) in [7, 11) is 1.59. The highest BCUT2D eigenvalue weighted by Gasteiger charge is 2.13. The number of benzene rings is 2. The number of anilines is 1. The molecule has 0 saturated carbocycles. The molecule has 0 bridgehead atoms. The van der Waals surface area contributed by atoms with Crippen molar-refractivity contribution in [3.05, 3.63) is 93.4 Å². The van der Waals surface area contributed by atoms with Crippen LogP contribution in [-0.2, 0) is 6.61 Å². The van der Waals surface area contributed by atoms with Gasteiger partial charge in [0.05, 0.1) is 7.11 Å². The van der Waals surface area contributed by atoms with Gasteiger partial charge in [-0.05, 0) is 66.9 Å². The lowest BCUT2D eigenvalue weighted by molar-refractivity contribution is 0.0862. The molecule has 6 nitrogen and oxygen atoms in total. The quantitative estimate of drug-likeness (QED) is 0.714. The fourth-order valence-electron chi connectivity index (χ4n) is 2.67. The predicted octanol–water partition coefficient (Wildman–Crippen LogP) is 3.35. The van der Waals surface area contributed by atoms with Gasteiger partial charge >= 0.3 is 0 Å². The van der Waals surface area contributed by atoms with Gasteiger partial charge in [0.1, 0.15) is 17.9 Å². The first-order valence-corrected chi connectivity index (χ1v) is 8.84. The van der Waals surface area contributed by atoms with Crippen LogP contribution in [-0.4, -0.2) is 17.7 Å². The first-order chi connectivity index (χ1) is 13.5. The van der Waals surface area contributed by atoms with Crippen LogP contribution < -0.4 is 20.5 Å². The lowest BCUT2D eigenvalue weighted by Crippen LogP contribution is -2.32. The number of carbonyl (C=O) groups excluding carboxylic acids is 1. The Kier molecular flexibility index (Phi) is 5.79. The zero-order valence-electron chi connectivity index (χ0n) is 16.1. The molecule has 1 heterocycles. The summed E-state index contributed by atoms with van der Waals surface area (Å²) in [4.78, 5) is 30.7. The first kappa shape index (κ1) is 19.2. The van der Waals surface area contributed by atoms with Crippen molar-refractivity contribution in [2.24, 2.45) is 0 Å². The van der Waals surface area contributed by atoms with Gasteiger partial charge in [0, 0.05) is 11.9 Å². The fraction of sp³-hybridized carbons (Fsp3) is 0.182. The van der Waals surface area contributed by atoms with E-state index in [1.807, 2.05) is 50.2 Å². The Labute approximate surface area is 163 Å². The number of methoxy groups -OCH3 is 1. The monoisotopic (exact) mass is 378 g/mol. The highest BCUT2D eigenvalue weighted by atomic mass is 16.7. The summed E-state index contributed by atoms with van der Waals surface area (Å²) in [6.07, 6.45) is 1.48. The lowest BCUT2D eigenvalue weighted by atomic mass is 10.1. The second-order valence-electron chi connectivity index (χ2n) is 6.43. The molecule has 0 spiro atoms. The van der Waals surface area contributed by atoms with E-state index in [4.69, 9.17) is 9.57 Å². The number of nitrogens with one attached hydrogen (secondary N) is 1. The summed E-state index contributed by atoms with van der Waals surface area (Å²) in [6.45, 7) is 4.13. The van der Waals surface area contributed by atoms with Gasteiger partial charge in [-0.3, -0.25) is 9.59 Å². The van der Waals surface area contributed by atoms with Crippen LogP contribution in [0.15, 0.2) is 65.6 Å². The van der Waals surface area contributed by atoms with Crippen LogP contribution in [0, 0.1) is 13.8 Å². The minimum Gasteiger partial charge on any atom is -0.497 e. The Hall–Kier alpha value is -3.54. The SMILES string of the molecule is COc1cccc(COn2cccc(C(=O)Nc3ccc(C)c(C)c3)c2=O)c1. The molecule has 0 fully saturated rings. The van der Waals surface area contributed by atoms with Crippen LogP contribution >= 0.6 is 0 Å². The average Bonchev–Trinajstić information content (AvgIpc) is 2.70. The van der Waals surface area contributed by atoms with E-state index in [1.54, 1.807) is 19.2 Å². The highest BCUT2D eigenvalue weighted by molar-refractivity contribution is 6.04. The molecular formula is C22H22N2O4. The molecule has 0 atom stereocenters. The van der Waals surface area contributed by atoms with Gasteiger partial charge in [-0.1, -0.05) is 18.2 Å². The van der Waals surface area contributed by atoms with E-state index in [-0.39, 0.29) is 12.2 Å². The second kappa shape index (κ2) is 8.43. The van der Waals surface area contributed by atoms with Crippen LogP contribution in [0.1, 0.15) is 27.0 Å². The number of pyridine rings is 1. The van der Waals surface area contributed by atoms with Gasteiger partial charge < -0.3 is 14.9 Å². The number of aromatic nitrogens is 1. The molecule has 0 aliphatic carbocycles. The average molecular weight is 378 g/mol. The molecule has 1 amide bonds. The van der Waals surface area contributed by atoms with Crippen LogP contribution in [0.2, 0.25) is 0 Å². The van der Waals surface area contributed by atoms with Gasteiger partial charge in [0.15, 0.2) is 0 Å². The number of hydrogen-bond acceptors (Lipinski definition) is 4. The van der Waals surface area contributed by atoms with Crippen molar-refractivity contribution < 1.29 is 14.4 Å². The highest BCUT2D eigenvalue weighted by Crippen LogP contribution is 2.15.